The zero-order valence-electron chi connectivity index (χ0n) is 9.93. The quantitative estimate of drug-likeness (QED) is 0.750. The van der Waals surface area contributed by atoms with E-state index in [9.17, 15) is 9.90 Å². The summed E-state index contributed by atoms with van der Waals surface area (Å²) in [5.74, 6) is -0.326. The van der Waals surface area contributed by atoms with Gasteiger partial charge in [-0.3, -0.25) is 9.78 Å². The fraction of sp³-hybridized carbons (Fsp3) is 0.0769. The smallest absolute Gasteiger partial charge is 0.255 e. The number of benzene rings is 1. The summed E-state index contributed by atoms with van der Waals surface area (Å²) in [7, 11) is 0. The number of rotatable bonds is 3. The molecule has 0 aliphatic heterocycles. The van der Waals surface area contributed by atoms with E-state index in [0.29, 0.717) is 16.9 Å². The predicted molar refractivity (Wildman–Crippen MR) is 73.2 cm³/mol. The van der Waals surface area contributed by atoms with Crippen LogP contribution in [0.15, 0.2) is 36.5 Å². The second-order valence-corrected chi connectivity index (χ2v) is 4.27. The Morgan fingerprint density at radius 1 is 1.37 bits per heavy atom. The molecular weight excluding hydrogens is 266 g/mol. The third-order valence-corrected chi connectivity index (χ3v) is 2.80. The summed E-state index contributed by atoms with van der Waals surface area (Å²) in [6.07, 6.45) is 1.53. The molecule has 1 aromatic carbocycles. The minimum Gasteiger partial charge on any atom is -0.506 e. The fourth-order valence-corrected chi connectivity index (χ4v) is 1.70. The second kappa shape index (κ2) is 5.69. The molecule has 0 aliphatic carbocycles. The Morgan fingerprint density at radius 3 is 2.84 bits per heavy atom. The number of nitrogens with two attached hydrogens (primary N) is 1. The predicted octanol–water partition coefficient (Wildman–Crippen LogP) is 2.15. The summed E-state index contributed by atoms with van der Waals surface area (Å²) in [6.45, 7) is 0.270. The molecule has 2 aromatic rings. The molecule has 2 rings (SSSR count). The van der Waals surface area contributed by atoms with Crippen molar-refractivity contribution >= 4 is 23.2 Å². The van der Waals surface area contributed by atoms with E-state index in [0.717, 1.165) is 0 Å². The molecule has 1 amide bonds. The Morgan fingerprint density at radius 2 is 2.16 bits per heavy atom. The van der Waals surface area contributed by atoms with Crippen molar-refractivity contribution in [3.8, 4) is 5.75 Å². The van der Waals surface area contributed by atoms with Gasteiger partial charge in [-0.25, -0.2) is 0 Å². The van der Waals surface area contributed by atoms with E-state index in [4.69, 9.17) is 17.3 Å². The normalized spacial score (nSPS) is 10.2. The van der Waals surface area contributed by atoms with Gasteiger partial charge in [0.1, 0.15) is 5.75 Å². The number of hydrogen-bond acceptors (Lipinski definition) is 4. The van der Waals surface area contributed by atoms with Crippen LogP contribution in [0.3, 0.4) is 0 Å². The van der Waals surface area contributed by atoms with Gasteiger partial charge in [0, 0.05) is 24.0 Å². The molecule has 0 radical (unpaired) electrons. The maximum Gasteiger partial charge on any atom is 0.255 e. The van der Waals surface area contributed by atoms with Crippen LogP contribution in [0.2, 0.25) is 5.02 Å². The monoisotopic (exact) mass is 277 g/mol. The lowest BCUT2D eigenvalue weighted by molar-refractivity contribution is 0.102. The maximum atomic E-state index is 12.0. The minimum absolute atomic E-state index is 0.0333. The SMILES string of the molecule is NCc1cc(C(=O)Nc2ccc(O)c(Cl)c2)ccn1. The number of nitrogens with zero attached hydrogens (tertiary/aromatic N) is 1. The summed E-state index contributed by atoms with van der Waals surface area (Å²) in [5.41, 5.74) is 7.06. The van der Waals surface area contributed by atoms with Crippen LogP contribution in [0.4, 0.5) is 5.69 Å². The van der Waals surface area contributed by atoms with Gasteiger partial charge in [-0.15, -0.1) is 0 Å². The van der Waals surface area contributed by atoms with Crippen molar-refractivity contribution in [1.82, 2.24) is 4.98 Å². The number of phenols is 1. The van der Waals surface area contributed by atoms with Gasteiger partial charge in [-0.05, 0) is 30.3 Å². The number of carbonyl (C=O) groups excluding carboxylic acids is 1. The minimum atomic E-state index is -0.293. The van der Waals surface area contributed by atoms with Crippen LogP contribution >= 0.6 is 11.6 Å². The van der Waals surface area contributed by atoms with Crippen LogP contribution in [-0.2, 0) is 6.54 Å². The Labute approximate surface area is 115 Å². The molecule has 1 heterocycles. The highest BCUT2D eigenvalue weighted by molar-refractivity contribution is 6.32. The summed E-state index contributed by atoms with van der Waals surface area (Å²) < 4.78 is 0. The molecule has 0 aliphatic rings. The summed E-state index contributed by atoms with van der Waals surface area (Å²) in [4.78, 5) is 16.0. The lowest BCUT2D eigenvalue weighted by Gasteiger charge is -2.07. The van der Waals surface area contributed by atoms with E-state index in [1.807, 2.05) is 0 Å². The molecular formula is C13H12ClN3O2. The molecule has 0 unspecified atom stereocenters. The second-order valence-electron chi connectivity index (χ2n) is 3.86. The Kier molecular flexibility index (Phi) is 3.99. The lowest BCUT2D eigenvalue weighted by atomic mass is 10.2. The first-order chi connectivity index (χ1) is 9.10. The molecule has 0 spiro atoms. The first kappa shape index (κ1) is 13.3. The van der Waals surface area contributed by atoms with Crippen molar-refractivity contribution in [2.45, 2.75) is 6.54 Å². The third-order valence-electron chi connectivity index (χ3n) is 2.49. The van der Waals surface area contributed by atoms with Crippen LogP contribution in [0.5, 0.6) is 5.75 Å². The molecule has 5 nitrogen and oxygen atoms in total. The highest BCUT2D eigenvalue weighted by atomic mass is 35.5. The highest BCUT2D eigenvalue weighted by Crippen LogP contribution is 2.26. The highest BCUT2D eigenvalue weighted by Gasteiger charge is 2.08. The Balaban J connectivity index is 2.18. The molecule has 4 N–H and O–H groups in total. The average Bonchev–Trinajstić information content (AvgIpc) is 2.43. The van der Waals surface area contributed by atoms with E-state index < -0.39 is 0 Å². The molecule has 0 bridgehead atoms. The standard InChI is InChI=1S/C13H12ClN3O2/c14-11-6-9(1-2-12(11)18)17-13(19)8-3-4-16-10(5-8)7-15/h1-6,18H,7,15H2,(H,17,19). The first-order valence-corrected chi connectivity index (χ1v) is 5.93. The Hall–Kier alpha value is -2.11. The van der Waals surface area contributed by atoms with Crippen LogP contribution in [0.1, 0.15) is 16.1 Å². The topological polar surface area (TPSA) is 88.2 Å². The van der Waals surface area contributed by atoms with Crippen LogP contribution < -0.4 is 11.1 Å². The number of amides is 1. The molecule has 1 aromatic heterocycles. The van der Waals surface area contributed by atoms with Gasteiger partial charge in [0.2, 0.25) is 0 Å². The maximum absolute atomic E-state index is 12.0. The number of phenolic OH excluding ortho intramolecular Hbond substituents is 1. The van der Waals surface area contributed by atoms with Gasteiger partial charge < -0.3 is 16.2 Å². The number of carbonyl (C=O) groups is 1. The van der Waals surface area contributed by atoms with E-state index in [1.165, 1.54) is 18.3 Å². The van der Waals surface area contributed by atoms with E-state index in [-0.39, 0.29) is 23.2 Å². The molecule has 6 heteroatoms. The van der Waals surface area contributed by atoms with Crippen LogP contribution in [0.25, 0.3) is 0 Å². The molecule has 0 fully saturated rings. The average molecular weight is 278 g/mol. The van der Waals surface area contributed by atoms with Gasteiger partial charge in [0.25, 0.3) is 5.91 Å². The van der Waals surface area contributed by atoms with Crippen molar-refractivity contribution in [2.24, 2.45) is 5.73 Å². The zero-order valence-corrected chi connectivity index (χ0v) is 10.7. The molecule has 0 saturated carbocycles. The van der Waals surface area contributed by atoms with Crippen LogP contribution in [0, 0.1) is 0 Å². The van der Waals surface area contributed by atoms with Crippen molar-refractivity contribution in [2.75, 3.05) is 5.32 Å². The number of hydrogen-bond donors (Lipinski definition) is 3. The van der Waals surface area contributed by atoms with Gasteiger partial charge in [0.15, 0.2) is 0 Å². The number of nitrogens with one attached hydrogen (secondary N) is 1. The summed E-state index contributed by atoms with van der Waals surface area (Å²) in [6, 6.07) is 7.66. The molecule has 0 atom stereocenters. The van der Waals surface area contributed by atoms with Crippen LogP contribution in [-0.4, -0.2) is 16.0 Å². The largest absolute Gasteiger partial charge is 0.506 e. The van der Waals surface area contributed by atoms with E-state index in [1.54, 1.807) is 18.2 Å². The number of anilines is 1. The van der Waals surface area contributed by atoms with Gasteiger partial charge in [-0.1, -0.05) is 11.6 Å². The van der Waals surface area contributed by atoms with Crippen molar-refractivity contribution < 1.29 is 9.90 Å². The molecule has 98 valence electrons. The Bertz CT molecular complexity index is 617. The number of aromatic hydroxyl groups is 1. The van der Waals surface area contributed by atoms with Crippen molar-refractivity contribution in [3.63, 3.8) is 0 Å². The van der Waals surface area contributed by atoms with E-state index in [2.05, 4.69) is 10.3 Å². The summed E-state index contributed by atoms with van der Waals surface area (Å²) in [5, 5.41) is 12.1. The number of aromatic nitrogens is 1. The summed E-state index contributed by atoms with van der Waals surface area (Å²) >= 11 is 5.76. The first-order valence-electron chi connectivity index (χ1n) is 5.55. The third kappa shape index (κ3) is 3.21. The van der Waals surface area contributed by atoms with Gasteiger partial charge in [0.05, 0.1) is 10.7 Å². The van der Waals surface area contributed by atoms with Gasteiger partial charge in [-0.2, -0.15) is 0 Å². The van der Waals surface area contributed by atoms with E-state index >= 15 is 0 Å². The van der Waals surface area contributed by atoms with Gasteiger partial charge >= 0.3 is 0 Å². The van der Waals surface area contributed by atoms with Crippen molar-refractivity contribution in [1.29, 1.82) is 0 Å². The fourth-order valence-electron chi connectivity index (χ4n) is 1.52. The van der Waals surface area contributed by atoms with Crippen molar-refractivity contribution in [3.05, 3.63) is 52.8 Å². The molecule has 19 heavy (non-hydrogen) atoms. The zero-order chi connectivity index (χ0) is 13.8. The number of pyridine rings is 1. The lowest BCUT2D eigenvalue weighted by Crippen LogP contribution is -2.13. The molecule has 0 saturated heterocycles. The number of halogens is 1.